The predicted octanol–water partition coefficient (Wildman–Crippen LogP) is 3.83. The minimum atomic E-state index is 0.704. The van der Waals surface area contributed by atoms with Crippen LogP contribution in [0.15, 0.2) is 60.9 Å². The van der Waals surface area contributed by atoms with Crippen LogP contribution in [0.1, 0.15) is 5.56 Å². The first kappa shape index (κ1) is 12.8. The molecule has 0 bridgehead atoms. The van der Waals surface area contributed by atoms with Crippen LogP contribution < -0.4 is 5.73 Å². The van der Waals surface area contributed by atoms with Gasteiger partial charge in [0.15, 0.2) is 0 Å². The molecule has 1 heterocycles. The van der Waals surface area contributed by atoms with Crippen LogP contribution in [-0.4, -0.2) is 9.78 Å². The summed E-state index contributed by atoms with van der Waals surface area (Å²) in [6, 6.07) is 15.6. The van der Waals surface area contributed by atoms with E-state index in [2.05, 4.69) is 5.10 Å². The Morgan fingerprint density at radius 3 is 2.60 bits per heavy atom. The number of nitrogens with zero attached hydrogens (tertiary/aromatic N) is 2. The molecule has 3 aromatic rings. The fourth-order valence-corrected chi connectivity index (χ4v) is 2.31. The Kier molecular flexibility index (Phi) is 3.44. The second-order valence-electron chi connectivity index (χ2n) is 4.68. The van der Waals surface area contributed by atoms with Gasteiger partial charge in [-0.2, -0.15) is 5.10 Å². The zero-order valence-electron chi connectivity index (χ0n) is 10.8. The summed E-state index contributed by atoms with van der Waals surface area (Å²) in [7, 11) is 0. The molecule has 100 valence electrons. The van der Waals surface area contributed by atoms with Gasteiger partial charge in [-0.25, -0.2) is 0 Å². The van der Waals surface area contributed by atoms with Crippen molar-refractivity contribution in [3.8, 4) is 11.1 Å². The van der Waals surface area contributed by atoms with Gasteiger partial charge in [0.1, 0.15) is 0 Å². The monoisotopic (exact) mass is 283 g/mol. The molecule has 0 atom stereocenters. The van der Waals surface area contributed by atoms with Crippen molar-refractivity contribution in [1.82, 2.24) is 9.78 Å². The molecule has 0 aliphatic carbocycles. The minimum Gasteiger partial charge on any atom is -0.399 e. The Labute approximate surface area is 122 Å². The SMILES string of the molecule is Nc1ccc(-c2cnn(Cc3cccc(Cl)c3)c2)cc1. The summed E-state index contributed by atoms with van der Waals surface area (Å²) in [6.07, 6.45) is 3.88. The van der Waals surface area contributed by atoms with Crippen LogP contribution in [0, 0.1) is 0 Å². The van der Waals surface area contributed by atoms with Crippen LogP contribution in [0.5, 0.6) is 0 Å². The van der Waals surface area contributed by atoms with Crippen LogP contribution in [-0.2, 0) is 6.54 Å². The molecule has 3 rings (SSSR count). The Balaban J connectivity index is 1.82. The molecule has 0 saturated carbocycles. The summed E-state index contributed by atoms with van der Waals surface area (Å²) in [6.45, 7) is 0.704. The number of rotatable bonds is 3. The van der Waals surface area contributed by atoms with Gasteiger partial charge in [-0.3, -0.25) is 4.68 Å². The Morgan fingerprint density at radius 1 is 1.05 bits per heavy atom. The molecule has 0 aliphatic heterocycles. The Hall–Kier alpha value is -2.26. The van der Waals surface area contributed by atoms with E-state index >= 15 is 0 Å². The van der Waals surface area contributed by atoms with E-state index in [0.29, 0.717) is 6.54 Å². The number of hydrogen-bond acceptors (Lipinski definition) is 2. The van der Waals surface area contributed by atoms with Crippen LogP contribution in [0.3, 0.4) is 0 Å². The van der Waals surface area contributed by atoms with Crippen molar-refractivity contribution < 1.29 is 0 Å². The average Bonchev–Trinajstić information content (AvgIpc) is 2.88. The van der Waals surface area contributed by atoms with Gasteiger partial charge >= 0.3 is 0 Å². The molecule has 2 N–H and O–H groups in total. The van der Waals surface area contributed by atoms with Crippen molar-refractivity contribution in [3.63, 3.8) is 0 Å². The minimum absolute atomic E-state index is 0.704. The molecule has 0 spiro atoms. The lowest BCUT2D eigenvalue weighted by molar-refractivity contribution is 0.687. The average molecular weight is 284 g/mol. The molecule has 0 unspecified atom stereocenters. The van der Waals surface area contributed by atoms with Crippen molar-refractivity contribution in [3.05, 3.63) is 71.5 Å². The predicted molar refractivity (Wildman–Crippen MR) is 82.6 cm³/mol. The van der Waals surface area contributed by atoms with E-state index in [4.69, 9.17) is 17.3 Å². The second kappa shape index (κ2) is 5.39. The number of nitrogen functional groups attached to an aromatic ring is 1. The first-order chi connectivity index (χ1) is 9.70. The van der Waals surface area contributed by atoms with E-state index < -0.39 is 0 Å². The van der Waals surface area contributed by atoms with E-state index in [1.165, 1.54) is 0 Å². The molecule has 0 saturated heterocycles. The normalized spacial score (nSPS) is 10.7. The highest BCUT2D eigenvalue weighted by Gasteiger charge is 2.03. The third-order valence-corrected chi connectivity index (χ3v) is 3.35. The largest absolute Gasteiger partial charge is 0.399 e. The van der Waals surface area contributed by atoms with Crippen molar-refractivity contribution in [1.29, 1.82) is 0 Å². The standard InChI is InChI=1S/C16H14ClN3/c17-15-3-1-2-12(8-15)10-20-11-14(9-19-20)13-4-6-16(18)7-5-13/h1-9,11H,10,18H2. The van der Waals surface area contributed by atoms with Gasteiger partial charge in [0, 0.05) is 22.5 Å². The highest BCUT2D eigenvalue weighted by Crippen LogP contribution is 2.20. The molecule has 0 aliphatic rings. The fourth-order valence-electron chi connectivity index (χ4n) is 2.10. The zero-order valence-corrected chi connectivity index (χ0v) is 11.6. The lowest BCUT2D eigenvalue weighted by Crippen LogP contribution is -1.99. The Bertz CT molecular complexity index is 717. The maximum absolute atomic E-state index is 5.99. The highest BCUT2D eigenvalue weighted by molar-refractivity contribution is 6.30. The molecule has 4 heteroatoms. The van der Waals surface area contributed by atoms with E-state index in [9.17, 15) is 0 Å². The van der Waals surface area contributed by atoms with Crippen molar-refractivity contribution in [2.24, 2.45) is 0 Å². The number of halogens is 1. The first-order valence-corrected chi connectivity index (χ1v) is 6.71. The van der Waals surface area contributed by atoms with Gasteiger partial charge in [-0.05, 0) is 35.4 Å². The van der Waals surface area contributed by atoms with Gasteiger partial charge in [0.2, 0.25) is 0 Å². The Morgan fingerprint density at radius 2 is 1.85 bits per heavy atom. The molecule has 20 heavy (non-hydrogen) atoms. The van der Waals surface area contributed by atoms with E-state index in [-0.39, 0.29) is 0 Å². The van der Waals surface area contributed by atoms with Crippen LogP contribution in [0.4, 0.5) is 5.69 Å². The number of aromatic nitrogens is 2. The van der Waals surface area contributed by atoms with E-state index in [1.54, 1.807) is 0 Å². The lowest BCUT2D eigenvalue weighted by atomic mass is 10.1. The molecular weight excluding hydrogens is 270 g/mol. The molecule has 0 amide bonds. The summed E-state index contributed by atoms with van der Waals surface area (Å²) < 4.78 is 1.90. The van der Waals surface area contributed by atoms with E-state index in [0.717, 1.165) is 27.4 Å². The first-order valence-electron chi connectivity index (χ1n) is 6.33. The lowest BCUT2D eigenvalue weighted by Gasteiger charge is -2.02. The van der Waals surface area contributed by atoms with E-state index in [1.807, 2.05) is 65.6 Å². The molecular formula is C16H14ClN3. The fraction of sp³-hybridized carbons (Fsp3) is 0.0625. The second-order valence-corrected chi connectivity index (χ2v) is 5.11. The number of anilines is 1. The van der Waals surface area contributed by atoms with Gasteiger partial charge in [-0.15, -0.1) is 0 Å². The summed E-state index contributed by atoms with van der Waals surface area (Å²) in [5.74, 6) is 0. The third kappa shape index (κ3) is 2.83. The molecule has 3 nitrogen and oxygen atoms in total. The summed E-state index contributed by atoms with van der Waals surface area (Å²) >= 11 is 5.99. The maximum atomic E-state index is 5.99. The highest BCUT2D eigenvalue weighted by atomic mass is 35.5. The van der Waals surface area contributed by atoms with Crippen molar-refractivity contribution in [2.45, 2.75) is 6.54 Å². The number of benzene rings is 2. The van der Waals surface area contributed by atoms with Gasteiger partial charge < -0.3 is 5.73 Å². The van der Waals surface area contributed by atoms with Gasteiger partial charge in [0.25, 0.3) is 0 Å². The topological polar surface area (TPSA) is 43.8 Å². The van der Waals surface area contributed by atoms with Crippen LogP contribution >= 0.6 is 11.6 Å². The number of nitrogens with two attached hydrogens (primary N) is 1. The van der Waals surface area contributed by atoms with Crippen molar-refractivity contribution in [2.75, 3.05) is 5.73 Å². The molecule has 1 aromatic heterocycles. The van der Waals surface area contributed by atoms with Crippen molar-refractivity contribution >= 4 is 17.3 Å². The molecule has 0 radical (unpaired) electrons. The summed E-state index contributed by atoms with van der Waals surface area (Å²) in [4.78, 5) is 0. The quantitative estimate of drug-likeness (QED) is 0.742. The van der Waals surface area contributed by atoms with Crippen LogP contribution in [0.25, 0.3) is 11.1 Å². The van der Waals surface area contributed by atoms with Crippen LogP contribution in [0.2, 0.25) is 5.02 Å². The zero-order chi connectivity index (χ0) is 13.9. The number of hydrogen-bond donors (Lipinski definition) is 1. The smallest absolute Gasteiger partial charge is 0.0660 e. The third-order valence-electron chi connectivity index (χ3n) is 3.11. The summed E-state index contributed by atoms with van der Waals surface area (Å²) in [5.41, 5.74) is 9.77. The summed E-state index contributed by atoms with van der Waals surface area (Å²) in [5, 5.41) is 5.13. The molecule has 2 aromatic carbocycles. The van der Waals surface area contributed by atoms with Gasteiger partial charge in [0.05, 0.1) is 12.7 Å². The maximum Gasteiger partial charge on any atom is 0.0660 e. The van der Waals surface area contributed by atoms with Gasteiger partial charge in [-0.1, -0.05) is 35.9 Å². The molecule has 0 fully saturated rings.